The van der Waals surface area contributed by atoms with Gasteiger partial charge in [-0.3, -0.25) is 4.90 Å². The second-order valence-corrected chi connectivity index (χ2v) is 6.24. The van der Waals surface area contributed by atoms with Crippen LogP contribution in [0.3, 0.4) is 0 Å². The first-order valence-corrected chi connectivity index (χ1v) is 5.47. The van der Waals surface area contributed by atoms with Crippen molar-refractivity contribution in [3.8, 4) is 0 Å². The number of aliphatic hydroxyl groups is 1. The van der Waals surface area contributed by atoms with Crippen molar-refractivity contribution in [2.45, 2.75) is 59.5 Å². The lowest BCUT2D eigenvalue weighted by molar-refractivity contribution is 0.0163. The summed E-state index contributed by atoms with van der Waals surface area (Å²) in [4.78, 5) is 2.45. The molecule has 1 atom stereocenters. The van der Waals surface area contributed by atoms with E-state index in [0.29, 0.717) is 5.92 Å². The molecule has 0 bridgehead atoms. The van der Waals surface area contributed by atoms with Crippen molar-refractivity contribution in [3.05, 3.63) is 0 Å². The minimum absolute atomic E-state index is 0.154. The van der Waals surface area contributed by atoms with Crippen molar-refractivity contribution in [2.24, 2.45) is 5.92 Å². The summed E-state index contributed by atoms with van der Waals surface area (Å²) in [6, 6.07) is 0. The smallest absolute Gasteiger partial charge is 0.0468 e. The molecule has 0 aromatic rings. The van der Waals surface area contributed by atoms with Crippen molar-refractivity contribution in [1.29, 1.82) is 0 Å². The summed E-state index contributed by atoms with van der Waals surface area (Å²) < 4.78 is 0. The Balaban J connectivity index is 4.59. The van der Waals surface area contributed by atoms with Crippen molar-refractivity contribution < 1.29 is 5.11 Å². The van der Waals surface area contributed by atoms with Gasteiger partial charge in [0.25, 0.3) is 0 Å². The molecule has 0 aromatic heterocycles. The first-order valence-electron chi connectivity index (χ1n) is 5.47. The quantitative estimate of drug-likeness (QED) is 0.758. The maximum Gasteiger partial charge on any atom is 0.0468 e. The Kier molecular flexibility index (Phi) is 4.60. The molecule has 0 aliphatic rings. The van der Waals surface area contributed by atoms with E-state index in [9.17, 15) is 0 Å². The SMILES string of the molecule is CC(CO)CN(C(C)(C)C)C(C)(C)C. The highest BCUT2D eigenvalue weighted by Crippen LogP contribution is 2.25. The van der Waals surface area contributed by atoms with Crippen LogP contribution >= 0.6 is 0 Å². The molecule has 2 nitrogen and oxygen atoms in total. The van der Waals surface area contributed by atoms with Crippen molar-refractivity contribution in [2.75, 3.05) is 13.2 Å². The Labute approximate surface area is 89.3 Å². The van der Waals surface area contributed by atoms with Crippen LogP contribution in [0.4, 0.5) is 0 Å². The Hall–Kier alpha value is -0.0800. The minimum Gasteiger partial charge on any atom is -0.396 e. The molecule has 86 valence electrons. The van der Waals surface area contributed by atoms with Crippen LogP contribution in [0.5, 0.6) is 0 Å². The fourth-order valence-electron chi connectivity index (χ4n) is 1.92. The van der Waals surface area contributed by atoms with Crippen LogP contribution in [0.25, 0.3) is 0 Å². The molecule has 14 heavy (non-hydrogen) atoms. The standard InChI is InChI=1S/C12H27NO/c1-10(9-14)8-13(11(2,3)4)12(5,6)7/h10,14H,8-9H2,1-7H3. The maximum absolute atomic E-state index is 9.09. The molecule has 0 fully saturated rings. The normalized spacial score (nSPS) is 16.1. The molecule has 0 aliphatic heterocycles. The Morgan fingerprint density at radius 2 is 1.36 bits per heavy atom. The zero-order chi connectivity index (χ0) is 11.6. The van der Waals surface area contributed by atoms with Gasteiger partial charge >= 0.3 is 0 Å². The molecule has 0 heterocycles. The third kappa shape index (κ3) is 4.43. The van der Waals surface area contributed by atoms with Crippen LogP contribution in [-0.4, -0.2) is 34.2 Å². The molecule has 1 unspecified atom stereocenters. The predicted octanol–water partition coefficient (Wildman–Crippen LogP) is 2.51. The monoisotopic (exact) mass is 201 g/mol. The predicted molar refractivity (Wildman–Crippen MR) is 62.5 cm³/mol. The molecule has 1 N–H and O–H groups in total. The van der Waals surface area contributed by atoms with Crippen LogP contribution in [0.2, 0.25) is 0 Å². The van der Waals surface area contributed by atoms with Crippen LogP contribution in [0, 0.1) is 5.92 Å². The van der Waals surface area contributed by atoms with E-state index in [-0.39, 0.29) is 17.7 Å². The summed E-state index contributed by atoms with van der Waals surface area (Å²) in [6.07, 6.45) is 0. The van der Waals surface area contributed by atoms with Crippen molar-refractivity contribution >= 4 is 0 Å². The fraction of sp³-hybridized carbons (Fsp3) is 1.00. The molecular weight excluding hydrogens is 174 g/mol. The number of rotatable bonds is 3. The van der Waals surface area contributed by atoms with Crippen LogP contribution < -0.4 is 0 Å². The molecular formula is C12H27NO. The summed E-state index contributed by atoms with van der Waals surface area (Å²) in [6.45, 7) is 16.6. The Morgan fingerprint density at radius 1 is 1.00 bits per heavy atom. The summed E-state index contributed by atoms with van der Waals surface area (Å²) in [5.74, 6) is 0.341. The van der Waals surface area contributed by atoms with E-state index in [0.717, 1.165) is 6.54 Å². The van der Waals surface area contributed by atoms with Gasteiger partial charge in [-0.15, -0.1) is 0 Å². The van der Waals surface area contributed by atoms with Crippen LogP contribution in [-0.2, 0) is 0 Å². The van der Waals surface area contributed by atoms with Gasteiger partial charge in [-0.1, -0.05) is 6.92 Å². The van der Waals surface area contributed by atoms with E-state index in [1.54, 1.807) is 0 Å². The zero-order valence-electron chi connectivity index (χ0n) is 10.9. The van der Waals surface area contributed by atoms with Crippen LogP contribution in [0.1, 0.15) is 48.5 Å². The van der Waals surface area contributed by atoms with Gasteiger partial charge in [0.2, 0.25) is 0 Å². The average Bonchev–Trinajstić information content (AvgIpc) is 1.95. The Morgan fingerprint density at radius 3 is 1.57 bits per heavy atom. The Bertz CT molecular complexity index is 150. The number of nitrogens with zero attached hydrogens (tertiary/aromatic N) is 1. The van der Waals surface area contributed by atoms with Gasteiger partial charge in [-0.2, -0.15) is 0 Å². The molecule has 0 saturated heterocycles. The molecule has 0 rings (SSSR count). The van der Waals surface area contributed by atoms with E-state index in [4.69, 9.17) is 5.11 Å². The molecule has 0 aliphatic carbocycles. The lowest BCUT2D eigenvalue weighted by atomic mass is 9.94. The van der Waals surface area contributed by atoms with Gasteiger partial charge < -0.3 is 5.11 Å². The van der Waals surface area contributed by atoms with Crippen molar-refractivity contribution in [1.82, 2.24) is 4.90 Å². The second-order valence-electron chi connectivity index (χ2n) is 6.24. The third-order valence-corrected chi connectivity index (χ3v) is 2.43. The first-order chi connectivity index (χ1) is 6.09. The highest BCUT2D eigenvalue weighted by Gasteiger charge is 2.31. The van der Waals surface area contributed by atoms with Gasteiger partial charge in [-0.05, 0) is 47.5 Å². The van der Waals surface area contributed by atoms with Crippen LogP contribution in [0.15, 0.2) is 0 Å². The first kappa shape index (κ1) is 13.9. The van der Waals surface area contributed by atoms with E-state index >= 15 is 0 Å². The van der Waals surface area contributed by atoms with E-state index < -0.39 is 0 Å². The largest absolute Gasteiger partial charge is 0.396 e. The molecule has 0 radical (unpaired) electrons. The van der Waals surface area contributed by atoms with Gasteiger partial charge in [0.15, 0.2) is 0 Å². The highest BCUT2D eigenvalue weighted by atomic mass is 16.3. The maximum atomic E-state index is 9.09. The molecule has 0 spiro atoms. The highest BCUT2D eigenvalue weighted by molar-refractivity contribution is 4.87. The lowest BCUT2D eigenvalue weighted by Gasteiger charge is -2.46. The summed E-state index contributed by atoms with van der Waals surface area (Å²) in [5.41, 5.74) is 0.309. The lowest BCUT2D eigenvalue weighted by Crippen LogP contribution is -2.54. The number of hydrogen-bond acceptors (Lipinski definition) is 2. The molecule has 0 amide bonds. The van der Waals surface area contributed by atoms with E-state index in [1.807, 2.05) is 0 Å². The average molecular weight is 201 g/mol. The zero-order valence-corrected chi connectivity index (χ0v) is 10.9. The van der Waals surface area contributed by atoms with Gasteiger partial charge in [-0.25, -0.2) is 0 Å². The second kappa shape index (κ2) is 4.63. The van der Waals surface area contributed by atoms with Gasteiger partial charge in [0.1, 0.15) is 0 Å². The van der Waals surface area contributed by atoms with E-state index in [1.165, 1.54) is 0 Å². The minimum atomic E-state index is 0.154. The summed E-state index contributed by atoms with van der Waals surface area (Å²) >= 11 is 0. The van der Waals surface area contributed by atoms with Gasteiger partial charge in [0.05, 0.1) is 0 Å². The molecule has 2 heteroatoms. The van der Waals surface area contributed by atoms with E-state index in [2.05, 4.69) is 53.4 Å². The summed E-state index contributed by atoms with van der Waals surface area (Å²) in [5, 5.41) is 9.09. The van der Waals surface area contributed by atoms with Gasteiger partial charge in [0, 0.05) is 24.2 Å². The number of aliphatic hydroxyl groups excluding tert-OH is 1. The number of hydrogen-bond donors (Lipinski definition) is 1. The summed E-state index contributed by atoms with van der Waals surface area (Å²) in [7, 11) is 0. The molecule has 0 aromatic carbocycles. The fourth-order valence-corrected chi connectivity index (χ4v) is 1.92. The third-order valence-electron chi connectivity index (χ3n) is 2.43. The molecule has 0 saturated carbocycles. The van der Waals surface area contributed by atoms with Crippen molar-refractivity contribution in [3.63, 3.8) is 0 Å². The topological polar surface area (TPSA) is 23.5 Å².